The minimum absolute atomic E-state index is 0.0394. The SMILES string of the molecule is CC(Br)CCN(C)C(=O)c1ccc(Br)cc1Br. The molecule has 0 saturated carbocycles. The molecule has 2 nitrogen and oxygen atoms in total. The van der Waals surface area contributed by atoms with Gasteiger partial charge in [0.25, 0.3) is 5.91 Å². The smallest absolute Gasteiger partial charge is 0.254 e. The molecule has 1 rings (SSSR count). The lowest BCUT2D eigenvalue weighted by Gasteiger charge is -2.18. The highest BCUT2D eigenvalue weighted by atomic mass is 79.9. The second-order valence-electron chi connectivity index (χ2n) is 3.92. The Bertz CT molecular complexity index is 407. The van der Waals surface area contributed by atoms with Crippen molar-refractivity contribution in [1.29, 1.82) is 0 Å². The van der Waals surface area contributed by atoms with Crippen LogP contribution in [0.4, 0.5) is 0 Å². The summed E-state index contributed by atoms with van der Waals surface area (Å²) in [6.45, 7) is 2.82. The molecule has 0 bridgehead atoms. The molecule has 1 atom stereocenters. The molecule has 0 N–H and O–H groups in total. The summed E-state index contributed by atoms with van der Waals surface area (Å²) >= 11 is 10.3. The van der Waals surface area contributed by atoms with E-state index >= 15 is 0 Å². The van der Waals surface area contributed by atoms with Crippen LogP contribution in [0.1, 0.15) is 23.7 Å². The molecule has 0 aromatic heterocycles. The van der Waals surface area contributed by atoms with Gasteiger partial charge in [-0.3, -0.25) is 4.79 Å². The summed E-state index contributed by atoms with van der Waals surface area (Å²) in [6, 6.07) is 5.58. The summed E-state index contributed by atoms with van der Waals surface area (Å²) in [5.74, 6) is 0.0394. The summed E-state index contributed by atoms with van der Waals surface area (Å²) in [6.07, 6.45) is 0.941. The lowest BCUT2D eigenvalue weighted by molar-refractivity contribution is 0.0793. The fourth-order valence-electron chi connectivity index (χ4n) is 1.34. The largest absolute Gasteiger partial charge is 0.342 e. The number of rotatable bonds is 4. The molecule has 5 heteroatoms. The molecular weight excluding hydrogens is 414 g/mol. The summed E-state index contributed by atoms with van der Waals surface area (Å²) < 4.78 is 1.77. The average Bonchev–Trinajstić information content (AvgIpc) is 2.25. The van der Waals surface area contributed by atoms with Gasteiger partial charge in [0.05, 0.1) is 5.56 Å². The number of nitrogens with zero attached hydrogens (tertiary/aromatic N) is 1. The van der Waals surface area contributed by atoms with Crippen molar-refractivity contribution in [3.8, 4) is 0 Å². The van der Waals surface area contributed by atoms with Crippen LogP contribution >= 0.6 is 47.8 Å². The number of carbonyl (C=O) groups is 1. The van der Waals surface area contributed by atoms with E-state index in [0.29, 0.717) is 10.4 Å². The Labute approximate surface area is 127 Å². The molecule has 0 aliphatic heterocycles. The van der Waals surface area contributed by atoms with Crippen LogP contribution in [0.3, 0.4) is 0 Å². The van der Waals surface area contributed by atoms with Crippen LogP contribution in [0.15, 0.2) is 27.1 Å². The number of hydrogen-bond donors (Lipinski definition) is 0. The molecule has 0 aliphatic carbocycles. The molecule has 0 heterocycles. The first-order valence-electron chi connectivity index (χ1n) is 5.26. The van der Waals surface area contributed by atoms with Crippen LogP contribution in [-0.4, -0.2) is 29.2 Å². The Kier molecular flexibility index (Phi) is 6.17. The van der Waals surface area contributed by atoms with Crippen LogP contribution in [0, 0.1) is 0 Å². The highest BCUT2D eigenvalue weighted by molar-refractivity contribution is 9.11. The fourth-order valence-corrected chi connectivity index (χ4v) is 2.76. The van der Waals surface area contributed by atoms with Gasteiger partial charge in [-0.05, 0) is 40.5 Å². The quantitative estimate of drug-likeness (QED) is 0.650. The standard InChI is InChI=1S/C12H14Br3NO/c1-8(13)5-6-16(2)12(17)10-4-3-9(14)7-11(10)15/h3-4,7-8H,5-6H2,1-2H3. The van der Waals surface area contributed by atoms with Crippen LogP contribution < -0.4 is 0 Å². The first kappa shape index (κ1) is 15.2. The van der Waals surface area contributed by atoms with Gasteiger partial charge in [0, 0.05) is 27.4 Å². The third-order valence-corrected chi connectivity index (χ3v) is 3.98. The summed E-state index contributed by atoms with van der Waals surface area (Å²) in [5.41, 5.74) is 0.693. The Morgan fingerprint density at radius 3 is 2.59 bits per heavy atom. The van der Waals surface area contributed by atoms with E-state index in [1.54, 1.807) is 4.90 Å². The molecule has 1 aromatic rings. The van der Waals surface area contributed by atoms with Crippen molar-refractivity contribution in [2.24, 2.45) is 0 Å². The van der Waals surface area contributed by atoms with Crippen LogP contribution in [0.25, 0.3) is 0 Å². The van der Waals surface area contributed by atoms with E-state index < -0.39 is 0 Å². The van der Waals surface area contributed by atoms with Gasteiger partial charge in [-0.2, -0.15) is 0 Å². The van der Waals surface area contributed by atoms with E-state index in [1.165, 1.54) is 0 Å². The zero-order valence-electron chi connectivity index (χ0n) is 9.71. The summed E-state index contributed by atoms with van der Waals surface area (Å²) in [5, 5.41) is 0. The van der Waals surface area contributed by atoms with Crippen molar-refractivity contribution >= 4 is 53.7 Å². The molecule has 0 aliphatic rings. The summed E-state index contributed by atoms with van der Waals surface area (Å²) in [7, 11) is 1.83. The van der Waals surface area contributed by atoms with Crippen molar-refractivity contribution in [1.82, 2.24) is 4.90 Å². The maximum Gasteiger partial charge on any atom is 0.254 e. The summed E-state index contributed by atoms with van der Waals surface area (Å²) in [4.78, 5) is 14.3. The van der Waals surface area contributed by atoms with Crippen molar-refractivity contribution in [3.63, 3.8) is 0 Å². The minimum Gasteiger partial charge on any atom is -0.342 e. The molecule has 0 fully saturated rings. The van der Waals surface area contributed by atoms with Gasteiger partial charge in [0.2, 0.25) is 0 Å². The van der Waals surface area contributed by atoms with Gasteiger partial charge in [-0.15, -0.1) is 0 Å². The monoisotopic (exact) mass is 425 g/mol. The van der Waals surface area contributed by atoms with Crippen LogP contribution in [0.5, 0.6) is 0 Å². The van der Waals surface area contributed by atoms with Gasteiger partial charge in [-0.25, -0.2) is 0 Å². The molecule has 1 aromatic carbocycles. The normalized spacial score (nSPS) is 12.3. The predicted molar refractivity (Wildman–Crippen MR) is 81.8 cm³/mol. The highest BCUT2D eigenvalue weighted by Crippen LogP contribution is 2.23. The Balaban J connectivity index is 2.75. The average molecular weight is 428 g/mol. The first-order valence-corrected chi connectivity index (χ1v) is 7.76. The number of amides is 1. The molecule has 1 amide bonds. The van der Waals surface area contributed by atoms with Gasteiger partial charge in [0.1, 0.15) is 0 Å². The molecule has 0 radical (unpaired) electrons. The minimum atomic E-state index is 0.0394. The molecule has 17 heavy (non-hydrogen) atoms. The van der Waals surface area contributed by atoms with E-state index in [-0.39, 0.29) is 5.91 Å². The number of benzene rings is 1. The Morgan fingerprint density at radius 2 is 2.06 bits per heavy atom. The Hall–Kier alpha value is 0.130. The highest BCUT2D eigenvalue weighted by Gasteiger charge is 2.15. The third kappa shape index (κ3) is 4.72. The van der Waals surface area contributed by atoms with E-state index in [2.05, 4.69) is 54.7 Å². The zero-order valence-corrected chi connectivity index (χ0v) is 14.5. The van der Waals surface area contributed by atoms with E-state index in [1.807, 2.05) is 25.2 Å². The lowest BCUT2D eigenvalue weighted by atomic mass is 10.2. The van der Waals surface area contributed by atoms with Crippen molar-refractivity contribution in [2.75, 3.05) is 13.6 Å². The number of carbonyl (C=O) groups excluding carboxylic acids is 1. The van der Waals surface area contributed by atoms with Gasteiger partial charge < -0.3 is 4.90 Å². The number of halogens is 3. The second kappa shape index (κ2) is 6.90. The topological polar surface area (TPSA) is 20.3 Å². The van der Waals surface area contributed by atoms with E-state index in [9.17, 15) is 4.79 Å². The molecule has 0 spiro atoms. The number of alkyl halides is 1. The van der Waals surface area contributed by atoms with Gasteiger partial charge in [-0.1, -0.05) is 38.8 Å². The molecular formula is C12H14Br3NO. The fraction of sp³-hybridized carbons (Fsp3) is 0.417. The van der Waals surface area contributed by atoms with E-state index in [0.717, 1.165) is 21.9 Å². The predicted octanol–water partition coefficient (Wildman–Crippen LogP) is 4.46. The maximum atomic E-state index is 12.2. The van der Waals surface area contributed by atoms with Crippen LogP contribution in [-0.2, 0) is 0 Å². The van der Waals surface area contributed by atoms with E-state index in [4.69, 9.17) is 0 Å². The van der Waals surface area contributed by atoms with Crippen LogP contribution in [0.2, 0.25) is 0 Å². The van der Waals surface area contributed by atoms with Crippen molar-refractivity contribution in [3.05, 3.63) is 32.7 Å². The maximum absolute atomic E-state index is 12.2. The first-order chi connectivity index (χ1) is 7.91. The lowest BCUT2D eigenvalue weighted by Crippen LogP contribution is -2.29. The van der Waals surface area contributed by atoms with Crippen molar-refractivity contribution in [2.45, 2.75) is 18.2 Å². The molecule has 94 valence electrons. The zero-order chi connectivity index (χ0) is 13.0. The third-order valence-electron chi connectivity index (χ3n) is 2.37. The van der Waals surface area contributed by atoms with Crippen molar-refractivity contribution < 1.29 is 4.79 Å². The second-order valence-corrected chi connectivity index (χ2v) is 7.25. The van der Waals surface area contributed by atoms with Gasteiger partial charge >= 0.3 is 0 Å². The Morgan fingerprint density at radius 1 is 1.41 bits per heavy atom. The molecule has 1 unspecified atom stereocenters. The van der Waals surface area contributed by atoms with Gasteiger partial charge in [0.15, 0.2) is 0 Å². The molecule has 0 saturated heterocycles. The number of hydrogen-bond acceptors (Lipinski definition) is 1.